The van der Waals surface area contributed by atoms with Gasteiger partial charge in [-0.1, -0.05) is 0 Å². The molecule has 0 radical (unpaired) electrons. The van der Waals surface area contributed by atoms with E-state index in [-0.39, 0.29) is 0 Å². The molecule has 0 aromatic heterocycles. The van der Waals surface area contributed by atoms with Gasteiger partial charge in [0, 0.05) is 41.8 Å². The Morgan fingerprint density at radius 2 is 0.929 bits per heavy atom. The van der Waals surface area contributed by atoms with Gasteiger partial charge in [-0.2, -0.15) is 0 Å². The van der Waals surface area contributed by atoms with Crippen molar-refractivity contribution in [3.63, 3.8) is 0 Å². The van der Waals surface area contributed by atoms with E-state index in [4.69, 9.17) is 0 Å². The SMILES string of the molecule is COP(=O)(OC)OC.COP(C)(C)=O. The number of phosphoric ester groups is 1. The second kappa shape index (κ2) is 7.57. The number of rotatable bonds is 4. The van der Waals surface area contributed by atoms with E-state index in [2.05, 4.69) is 18.1 Å². The summed E-state index contributed by atoms with van der Waals surface area (Å²) in [6.07, 6.45) is 0. The highest BCUT2D eigenvalue weighted by Crippen LogP contribution is 2.46. The highest BCUT2D eigenvalue weighted by Gasteiger charge is 2.18. The molecule has 14 heavy (non-hydrogen) atoms. The normalized spacial score (nSPS) is 11.9. The fourth-order valence-corrected chi connectivity index (χ4v) is 0.671. The molecule has 0 aliphatic carbocycles. The third-order valence-electron chi connectivity index (χ3n) is 1.11. The van der Waals surface area contributed by atoms with E-state index >= 15 is 0 Å². The molecule has 0 unspecified atom stereocenters. The molecule has 88 valence electrons. The molecule has 0 heterocycles. The van der Waals surface area contributed by atoms with Crippen molar-refractivity contribution < 1.29 is 27.2 Å². The van der Waals surface area contributed by atoms with Crippen LogP contribution in [0, 0.1) is 0 Å². The fourth-order valence-electron chi connectivity index (χ4n) is 0.224. The molecule has 0 saturated carbocycles. The molecule has 0 aromatic rings. The maximum absolute atomic E-state index is 10.7. The zero-order valence-electron chi connectivity index (χ0n) is 9.34. The van der Waals surface area contributed by atoms with Crippen molar-refractivity contribution in [3.05, 3.63) is 0 Å². The molecule has 0 aliphatic heterocycles. The third kappa shape index (κ3) is 10.4. The quantitative estimate of drug-likeness (QED) is 0.710. The van der Waals surface area contributed by atoms with Crippen LogP contribution in [0.5, 0.6) is 0 Å². The molecule has 0 bridgehead atoms. The first-order valence-electron chi connectivity index (χ1n) is 3.62. The first-order valence-corrected chi connectivity index (χ1v) is 7.60. The smallest absolute Gasteiger partial charge is 0.332 e. The average molecular weight is 248 g/mol. The summed E-state index contributed by atoms with van der Waals surface area (Å²) in [6.45, 7) is 3.15. The van der Waals surface area contributed by atoms with Crippen molar-refractivity contribution in [1.29, 1.82) is 0 Å². The summed E-state index contributed by atoms with van der Waals surface area (Å²) in [4.78, 5) is 0. The van der Waals surface area contributed by atoms with Gasteiger partial charge in [0.15, 0.2) is 7.37 Å². The van der Waals surface area contributed by atoms with Crippen molar-refractivity contribution in [2.45, 2.75) is 0 Å². The zero-order valence-corrected chi connectivity index (χ0v) is 11.1. The predicted molar refractivity (Wildman–Crippen MR) is 55.1 cm³/mol. The van der Waals surface area contributed by atoms with Crippen LogP contribution >= 0.6 is 15.2 Å². The van der Waals surface area contributed by atoms with Crippen LogP contribution < -0.4 is 0 Å². The molecule has 6 nitrogen and oxygen atoms in total. The van der Waals surface area contributed by atoms with Crippen LogP contribution in [0.25, 0.3) is 0 Å². The van der Waals surface area contributed by atoms with Crippen LogP contribution in [-0.4, -0.2) is 41.8 Å². The van der Waals surface area contributed by atoms with Crippen LogP contribution in [0.2, 0.25) is 0 Å². The summed E-state index contributed by atoms with van der Waals surface area (Å²) in [5, 5.41) is 0. The van der Waals surface area contributed by atoms with Gasteiger partial charge in [0.1, 0.15) is 0 Å². The molecular weight excluding hydrogens is 230 g/mol. The Bertz CT molecular complexity index is 203. The Labute approximate surface area is 84.9 Å². The molecule has 0 fully saturated rings. The van der Waals surface area contributed by atoms with E-state index in [0.717, 1.165) is 0 Å². The minimum Gasteiger partial charge on any atom is -0.332 e. The maximum Gasteiger partial charge on any atom is 0.473 e. The lowest BCUT2D eigenvalue weighted by Crippen LogP contribution is -1.88. The summed E-state index contributed by atoms with van der Waals surface area (Å²) in [7, 11) is -0.0903. The maximum atomic E-state index is 10.7. The molecule has 0 aromatic carbocycles. The summed E-state index contributed by atoms with van der Waals surface area (Å²) >= 11 is 0. The Kier molecular flexibility index (Phi) is 9.04. The van der Waals surface area contributed by atoms with Crippen molar-refractivity contribution in [1.82, 2.24) is 0 Å². The monoisotopic (exact) mass is 248 g/mol. The van der Waals surface area contributed by atoms with Gasteiger partial charge in [0.2, 0.25) is 0 Å². The summed E-state index contributed by atoms with van der Waals surface area (Å²) in [5.74, 6) is 0. The van der Waals surface area contributed by atoms with Crippen molar-refractivity contribution in [3.8, 4) is 0 Å². The Morgan fingerprint density at radius 3 is 0.929 bits per heavy atom. The van der Waals surface area contributed by atoms with E-state index in [0.29, 0.717) is 0 Å². The predicted octanol–water partition coefficient (Wildman–Crippen LogP) is 2.20. The van der Waals surface area contributed by atoms with Crippen LogP contribution in [0.1, 0.15) is 0 Å². The summed E-state index contributed by atoms with van der Waals surface area (Å²) < 4.78 is 38.5. The lowest BCUT2D eigenvalue weighted by molar-refractivity contribution is 0.178. The van der Waals surface area contributed by atoms with Gasteiger partial charge in [-0.25, -0.2) is 4.57 Å². The van der Waals surface area contributed by atoms with Crippen molar-refractivity contribution in [2.75, 3.05) is 41.8 Å². The summed E-state index contributed by atoms with van der Waals surface area (Å²) in [5.41, 5.74) is 0. The minimum atomic E-state index is -3.16. The Hall–Kier alpha value is 0.300. The van der Waals surface area contributed by atoms with E-state index in [1.54, 1.807) is 13.3 Å². The fraction of sp³-hybridized carbons (Fsp3) is 1.00. The third-order valence-corrected chi connectivity index (χ3v) is 3.33. The summed E-state index contributed by atoms with van der Waals surface area (Å²) in [6, 6.07) is 0. The molecule has 0 spiro atoms. The van der Waals surface area contributed by atoms with Crippen LogP contribution in [0.15, 0.2) is 0 Å². The molecule has 0 atom stereocenters. The Balaban J connectivity index is 0. The van der Waals surface area contributed by atoms with Gasteiger partial charge in [-0.15, -0.1) is 0 Å². The van der Waals surface area contributed by atoms with Crippen LogP contribution in [0.4, 0.5) is 0 Å². The van der Waals surface area contributed by atoms with Gasteiger partial charge in [-0.3, -0.25) is 18.1 Å². The number of hydrogen-bond acceptors (Lipinski definition) is 6. The largest absolute Gasteiger partial charge is 0.473 e. The minimum absolute atomic E-state index is 1.26. The van der Waals surface area contributed by atoms with Gasteiger partial charge in [0.25, 0.3) is 0 Å². The zero-order chi connectivity index (χ0) is 11.8. The second-order valence-electron chi connectivity index (χ2n) is 2.43. The molecule has 0 amide bonds. The van der Waals surface area contributed by atoms with E-state index in [1.807, 2.05) is 0 Å². The van der Waals surface area contributed by atoms with Gasteiger partial charge in [-0.05, 0) is 0 Å². The standard InChI is InChI=1S/C3H9O4P.C3H9O2P/c1-5-8(4,6-2)7-3;1-5-6(2,3)4/h1-3H3;1-3H3. The highest BCUT2D eigenvalue weighted by atomic mass is 31.2. The van der Waals surface area contributed by atoms with Crippen LogP contribution in [-0.2, 0) is 27.2 Å². The number of phosphoric acid groups is 1. The van der Waals surface area contributed by atoms with E-state index in [9.17, 15) is 9.13 Å². The topological polar surface area (TPSA) is 71.1 Å². The second-order valence-corrected chi connectivity index (χ2v) is 7.29. The molecule has 0 aliphatic rings. The molecule has 0 saturated heterocycles. The molecular formula is C6H18O6P2. The first-order chi connectivity index (χ1) is 6.24. The van der Waals surface area contributed by atoms with Gasteiger partial charge >= 0.3 is 7.82 Å². The molecule has 8 heteroatoms. The molecule has 0 N–H and O–H groups in total. The van der Waals surface area contributed by atoms with Crippen LogP contribution in [0.3, 0.4) is 0 Å². The average Bonchev–Trinajstić information content (AvgIpc) is 2.16. The van der Waals surface area contributed by atoms with Gasteiger partial charge in [0.05, 0.1) is 0 Å². The lowest BCUT2D eigenvalue weighted by Gasteiger charge is -2.08. The highest BCUT2D eigenvalue weighted by molar-refractivity contribution is 7.57. The van der Waals surface area contributed by atoms with E-state index in [1.165, 1.54) is 28.4 Å². The first kappa shape index (κ1) is 16.7. The van der Waals surface area contributed by atoms with Gasteiger partial charge < -0.3 is 4.52 Å². The molecule has 0 rings (SSSR count). The van der Waals surface area contributed by atoms with Crippen molar-refractivity contribution in [2.24, 2.45) is 0 Å². The van der Waals surface area contributed by atoms with E-state index < -0.39 is 15.2 Å². The number of hydrogen-bond donors (Lipinski definition) is 0. The Morgan fingerprint density at radius 1 is 0.714 bits per heavy atom. The van der Waals surface area contributed by atoms with Crippen molar-refractivity contribution >= 4 is 15.2 Å². The lowest BCUT2D eigenvalue weighted by atomic mass is 11.8.